The number of hydrogen-bond donors (Lipinski definition) is 2. The molecule has 0 saturated heterocycles. The predicted molar refractivity (Wildman–Crippen MR) is 120 cm³/mol. The summed E-state index contributed by atoms with van der Waals surface area (Å²) in [6.45, 7) is 2.39. The summed E-state index contributed by atoms with van der Waals surface area (Å²) in [5, 5.41) is 6.06. The third kappa shape index (κ3) is 4.16. The highest BCUT2D eigenvalue weighted by atomic mass is 35.5. The van der Waals surface area contributed by atoms with Crippen molar-refractivity contribution in [2.45, 2.75) is 25.9 Å². The summed E-state index contributed by atoms with van der Waals surface area (Å²) in [5.41, 5.74) is 4.18. The SMILES string of the molecule is C[C@H]1Cc2ccc(CNC(=O)Nc3ccccc3Cl)cc2N1C(=O)c1ccccc1. The van der Waals surface area contributed by atoms with Gasteiger partial charge in [-0.15, -0.1) is 0 Å². The normalized spacial score (nSPS) is 14.9. The zero-order chi connectivity index (χ0) is 21.1. The minimum Gasteiger partial charge on any atom is -0.334 e. The van der Waals surface area contributed by atoms with Crippen LogP contribution < -0.4 is 15.5 Å². The molecule has 2 N–H and O–H groups in total. The van der Waals surface area contributed by atoms with Gasteiger partial charge in [-0.25, -0.2) is 4.79 Å². The Bertz CT molecular complexity index is 1080. The van der Waals surface area contributed by atoms with Gasteiger partial charge in [0.15, 0.2) is 0 Å². The number of carbonyl (C=O) groups excluding carboxylic acids is 2. The standard InChI is InChI=1S/C24H22ClN3O2/c1-16-13-19-12-11-17(15-26-24(30)27-21-10-6-5-9-20(21)25)14-22(19)28(16)23(29)18-7-3-2-4-8-18/h2-12,14,16H,13,15H2,1H3,(H2,26,27,30)/t16-/m0/s1. The van der Waals surface area contributed by atoms with Crippen LogP contribution in [-0.4, -0.2) is 18.0 Å². The topological polar surface area (TPSA) is 61.4 Å². The van der Waals surface area contributed by atoms with E-state index in [2.05, 4.69) is 17.6 Å². The Morgan fingerprint density at radius 2 is 1.77 bits per heavy atom. The molecule has 4 rings (SSSR count). The van der Waals surface area contributed by atoms with Gasteiger partial charge in [-0.2, -0.15) is 0 Å². The van der Waals surface area contributed by atoms with Crippen LogP contribution in [0.1, 0.15) is 28.4 Å². The van der Waals surface area contributed by atoms with Crippen LogP contribution in [-0.2, 0) is 13.0 Å². The lowest BCUT2D eigenvalue weighted by Gasteiger charge is -2.23. The average molecular weight is 420 g/mol. The van der Waals surface area contributed by atoms with Crippen LogP contribution in [0, 0.1) is 0 Å². The molecular weight excluding hydrogens is 398 g/mol. The molecule has 0 saturated carbocycles. The van der Waals surface area contributed by atoms with Gasteiger partial charge in [0.05, 0.1) is 10.7 Å². The van der Waals surface area contributed by atoms with E-state index >= 15 is 0 Å². The molecule has 3 aromatic carbocycles. The first-order valence-corrected chi connectivity index (χ1v) is 10.2. The summed E-state index contributed by atoms with van der Waals surface area (Å²) in [6, 6.07) is 22.1. The minimum atomic E-state index is -0.339. The summed E-state index contributed by atoms with van der Waals surface area (Å²) in [5.74, 6) is -0.0107. The van der Waals surface area contributed by atoms with Crippen molar-refractivity contribution in [3.63, 3.8) is 0 Å². The van der Waals surface area contributed by atoms with Gasteiger partial charge in [-0.05, 0) is 54.8 Å². The highest BCUT2D eigenvalue weighted by Gasteiger charge is 2.31. The van der Waals surface area contributed by atoms with Crippen molar-refractivity contribution in [1.29, 1.82) is 0 Å². The van der Waals surface area contributed by atoms with E-state index in [-0.39, 0.29) is 18.0 Å². The molecule has 1 aliphatic rings. The van der Waals surface area contributed by atoms with Gasteiger partial charge >= 0.3 is 6.03 Å². The molecule has 0 radical (unpaired) electrons. The van der Waals surface area contributed by atoms with Crippen molar-refractivity contribution >= 4 is 34.9 Å². The van der Waals surface area contributed by atoms with Crippen LogP contribution in [0.5, 0.6) is 0 Å². The summed E-state index contributed by atoms with van der Waals surface area (Å²) >= 11 is 6.08. The first-order valence-electron chi connectivity index (χ1n) is 9.82. The van der Waals surface area contributed by atoms with Gasteiger partial charge in [0.1, 0.15) is 0 Å². The maximum Gasteiger partial charge on any atom is 0.319 e. The number of anilines is 2. The maximum absolute atomic E-state index is 13.1. The summed E-state index contributed by atoms with van der Waals surface area (Å²) in [6.07, 6.45) is 0.814. The van der Waals surface area contributed by atoms with E-state index in [0.29, 0.717) is 22.8 Å². The van der Waals surface area contributed by atoms with E-state index < -0.39 is 0 Å². The van der Waals surface area contributed by atoms with E-state index in [9.17, 15) is 9.59 Å². The van der Waals surface area contributed by atoms with E-state index in [1.807, 2.05) is 59.5 Å². The third-order valence-electron chi connectivity index (χ3n) is 5.18. The smallest absolute Gasteiger partial charge is 0.319 e. The molecule has 6 heteroatoms. The number of carbonyl (C=O) groups is 2. The molecule has 0 spiro atoms. The number of nitrogens with zero attached hydrogens (tertiary/aromatic N) is 1. The quantitative estimate of drug-likeness (QED) is 0.606. The molecule has 0 aromatic heterocycles. The number of urea groups is 1. The molecule has 1 aliphatic heterocycles. The van der Waals surface area contributed by atoms with E-state index in [1.165, 1.54) is 0 Å². The first-order chi connectivity index (χ1) is 14.5. The van der Waals surface area contributed by atoms with Gasteiger partial charge < -0.3 is 15.5 Å². The average Bonchev–Trinajstić information content (AvgIpc) is 3.09. The minimum absolute atomic E-state index is 0.0107. The van der Waals surface area contributed by atoms with Crippen LogP contribution >= 0.6 is 11.6 Å². The van der Waals surface area contributed by atoms with Gasteiger partial charge in [0.25, 0.3) is 5.91 Å². The molecule has 30 heavy (non-hydrogen) atoms. The third-order valence-corrected chi connectivity index (χ3v) is 5.51. The Morgan fingerprint density at radius 1 is 1.03 bits per heavy atom. The van der Waals surface area contributed by atoms with Crippen LogP contribution in [0.3, 0.4) is 0 Å². The Hall–Kier alpha value is -3.31. The van der Waals surface area contributed by atoms with Crippen molar-refractivity contribution in [2.24, 2.45) is 0 Å². The van der Waals surface area contributed by atoms with E-state index in [0.717, 1.165) is 23.2 Å². The second kappa shape index (κ2) is 8.59. The lowest BCUT2D eigenvalue weighted by atomic mass is 10.1. The van der Waals surface area contributed by atoms with Gasteiger partial charge in [0, 0.05) is 23.8 Å². The second-order valence-corrected chi connectivity index (χ2v) is 7.75. The maximum atomic E-state index is 13.1. The number of benzene rings is 3. The molecule has 3 amide bonds. The summed E-state index contributed by atoms with van der Waals surface area (Å²) in [4.78, 5) is 27.1. The lowest BCUT2D eigenvalue weighted by Crippen LogP contribution is -2.35. The Kier molecular flexibility index (Phi) is 5.72. The van der Waals surface area contributed by atoms with Crippen molar-refractivity contribution in [2.75, 3.05) is 10.2 Å². The molecule has 1 atom stereocenters. The number of nitrogens with one attached hydrogen (secondary N) is 2. The fourth-order valence-electron chi connectivity index (χ4n) is 3.70. The molecule has 1 heterocycles. The molecule has 0 aliphatic carbocycles. The van der Waals surface area contributed by atoms with Crippen molar-refractivity contribution in [3.05, 3.63) is 94.5 Å². The summed E-state index contributed by atoms with van der Waals surface area (Å²) < 4.78 is 0. The Balaban J connectivity index is 1.47. The van der Waals surface area contributed by atoms with Crippen LogP contribution in [0.25, 0.3) is 0 Å². The number of fused-ring (bicyclic) bond motifs is 1. The zero-order valence-corrected chi connectivity index (χ0v) is 17.3. The van der Waals surface area contributed by atoms with E-state index in [1.54, 1.807) is 18.2 Å². The van der Waals surface area contributed by atoms with Gasteiger partial charge in [-0.1, -0.05) is 54.1 Å². The highest BCUT2D eigenvalue weighted by molar-refractivity contribution is 6.33. The number of amides is 3. The van der Waals surface area contributed by atoms with E-state index in [4.69, 9.17) is 11.6 Å². The lowest BCUT2D eigenvalue weighted by molar-refractivity contribution is 0.0981. The number of hydrogen-bond acceptors (Lipinski definition) is 2. The first kappa shape index (κ1) is 20.0. The van der Waals surface area contributed by atoms with Gasteiger partial charge in [0.2, 0.25) is 0 Å². The molecule has 5 nitrogen and oxygen atoms in total. The Morgan fingerprint density at radius 3 is 2.53 bits per heavy atom. The number of rotatable bonds is 4. The van der Waals surface area contributed by atoms with Crippen LogP contribution in [0.2, 0.25) is 5.02 Å². The Labute approximate surface area is 180 Å². The molecule has 3 aromatic rings. The fraction of sp³-hybridized carbons (Fsp3) is 0.167. The predicted octanol–water partition coefficient (Wildman–Crippen LogP) is 5.25. The highest BCUT2D eigenvalue weighted by Crippen LogP contribution is 2.34. The zero-order valence-electron chi connectivity index (χ0n) is 16.6. The monoisotopic (exact) mass is 419 g/mol. The molecule has 0 unspecified atom stereocenters. The van der Waals surface area contributed by atoms with Crippen LogP contribution in [0.4, 0.5) is 16.2 Å². The second-order valence-electron chi connectivity index (χ2n) is 7.34. The van der Waals surface area contributed by atoms with Crippen LogP contribution in [0.15, 0.2) is 72.8 Å². The van der Waals surface area contributed by atoms with Crippen molar-refractivity contribution in [1.82, 2.24) is 5.32 Å². The number of para-hydroxylation sites is 1. The largest absolute Gasteiger partial charge is 0.334 e. The fourth-order valence-corrected chi connectivity index (χ4v) is 3.89. The van der Waals surface area contributed by atoms with Gasteiger partial charge in [-0.3, -0.25) is 4.79 Å². The molecule has 152 valence electrons. The number of halogens is 1. The molecule has 0 fully saturated rings. The van der Waals surface area contributed by atoms with Crippen molar-refractivity contribution in [3.8, 4) is 0 Å². The van der Waals surface area contributed by atoms with Crippen molar-refractivity contribution < 1.29 is 9.59 Å². The molecular formula is C24H22ClN3O2. The summed E-state index contributed by atoms with van der Waals surface area (Å²) in [7, 11) is 0. The molecule has 0 bridgehead atoms.